The molecule has 1 heterocycles. The average molecular weight is 333 g/mol. The predicted molar refractivity (Wildman–Crippen MR) is 85.4 cm³/mol. The molecule has 20 heavy (non-hydrogen) atoms. The van der Waals surface area contributed by atoms with E-state index >= 15 is 0 Å². The van der Waals surface area contributed by atoms with Crippen LogP contribution >= 0.6 is 34.9 Å². The normalized spacial score (nSPS) is 26.3. The third-order valence-electron chi connectivity index (χ3n) is 3.34. The Kier molecular flexibility index (Phi) is 5.33. The van der Waals surface area contributed by atoms with Crippen LogP contribution in [-0.2, 0) is 4.79 Å². The summed E-state index contributed by atoms with van der Waals surface area (Å²) in [6.45, 7) is 4.08. The molecule has 3 N–H and O–H groups in total. The van der Waals surface area contributed by atoms with E-state index in [4.69, 9.17) is 5.73 Å². The standard InChI is InChI=1S/C12H20N4OS3/c1-7(2)14-12(9(13)17)5-4-8(6-12)19-11-16-15-10(18-3)20-11/h7-8,14H,4-6H2,1-3H3,(H2,13,17). The van der Waals surface area contributed by atoms with Gasteiger partial charge >= 0.3 is 0 Å². The van der Waals surface area contributed by atoms with Gasteiger partial charge in [-0.15, -0.1) is 10.2 Å². The Morgan fingerprint density at radius 3 is 2.75 bits per heavy atom. The molecule has 5 nitrogen and oxygen atoms in total. The predicted octanol–water partition coefficient (Wildman–Crippen LogP) is 2.13. The highest BCUT2D eigenvalue weighted by Crippen LogP contribution is 2.41. The number of carbonyl (C=O) groups excluding carboxylic acids is 1. The molecule has 1 fully saturated rings. The average Bonchev–Trinajstić information content (AvgIpc) is 2.97. The number of rotatable bonds is 6. The maximum Gasteiger partial charge on any atom is 0.237 e. The van der Waals surface area contributed by atoms with Gasteiger partial charge in [-0.25, -0.2) is 0 Å². The fourth-order valence-corrected chi connectivity index (χ4v) is 5.53. The van der Waals surface area contributed by atoms with Crippen LogP contribution < -0.4 is 11.1 Å². The van der Waals surface area contributed by atoms with Crippen molar-refractivity contribution in [2.45, 2.75) is 58.6 Å². The molecule has 2 unspecified atom stereocenters. The number of thioether (sulfide) groups is 2. The summed E-state index contributed by atoms with van der Waals surface area (Å²) in [4.78, 5) is 11.8. The molecule has 1 amide bonds. The van der Waals surface area contributed by atoms with Gasteiger partial charge in [-0.1, -0.05) is 34.9 Å². The van der Waals surface area contributed by atoms with Crippen LogP contribution in [0.15, 0.2) is 8.68 Å². The first kappa shape index (κ1) is 16.1. The monoisotopic (exact) mass is 332 g/mol. The quantitative estimate of drug-likeness (QED) is 0.777. The highest BCUT2D eigenvalue weighted by molar-refractivity contribution is 8.03. The number of amides is 1. The zero-order valence-electron chi connectivity index (χ0n) is 11.9. The van der Waals surface area contributed by atoms with E-state index in [0.717, 1.165) is 27.9 Å². The van der Waals surface area contributed by atoms with Gasteiger partial charge in [0.05, 0.1) is 5.54 Å². The summed E-state index contributed by atoms with van der Waals surface area (Å²) in [6, 6.07) is 0.246. The largest absolute Gasteiger partial charge is 0.368 e. The van der Waals surface area contributed by atoms with E-state index in [1.54, 1.807) is 34.9 Å². The molecule has 0 aromatic carbocycles. The SMILES string of the molecule is CSc1nnc(SC2CCC(NC(C)C)(C(N)=O)C2)s1. The molecule has 1 aliphatic carbocycles. The summed E-state index contributed by atoms with van der Waals surface area (Å²) < 4.78 is 1.95. The summed E-state index contributed by atoms with van der Waals surface area (Å²) in [5.41, 5.74) is 5.07. The van der Waals surface area contributed by atoms with Gasteiger partial charge < -0.3 is 11.1 Å². The number of carbonyl (C=O) groups is 1. The van der Waals surface area contributed by atoms with Crippen LogP contribution in [0, 0.1) is 0 Å². The Labute approximate surface area is 131 Å². The third kappa shape index (κ3) is 3.66. The molecule has 112 valence electrons. The summed E-state index contributed by atoms with van der Waals surface area (Å²) in [5, 5.41) is 12.0. The molecular formula is C12H20N4OS3. The van der Waals surface area contributed by atoms with Crippen molar-refractivity contribution < 1.29 is 4.79 Å². The molecule has 8 heteroatoms. The second-order valence-electron chi connectivity index (χ2n) is 5.27. The van der Waals surface area contributed by atoms with E-state index in [1.807, 2.05) is 20.1 Å². The molecule has 1 aliphatic rings. The minimum Gasteiger partial charge on any atom is -0.368 e. The Balaban J connectivity index is 2.01. The second kappa shape index (κ2) is 6.64. The summed E-state index contributed by atoms with van der Waals surface area (Å²) in [7, 11) is 0. The topological polar surface area (TPSA) is 80.9 Å². The lowest BCUT2D eigenvalue weighted by Gasteiger charge is -2.29. The van der Waals surface area contributed by atoms with Gasteiger partial charge in [-0.2, -0.15) is 0 Å². The Bertz CT molecular complexity index is 479. The maximum absolute atomic E-state index is 11.8. The first-order chi connectivity index (χ1) is 9.45. The van der Waals surface area contributed by atoms with Crippen LogP contribution in [0.5, 0.6) is 0 Å². The Morgan fingerprint density at radius 2 is 2.20 bits per heavy atom. The Hall–Kier alpha value is -0.310. The molecular weight excluding hydrogens is 312 g/mol. The van der Waals surface area contributed by atoms with Crippen LogP contribution in [-0.4, -0.2) is 39.2 Å². The van der Waals surface area contributed by atoms with Gasteiger partial charge in [0.2, 0.25) is 5.91 Å². The van der Waals surface area contributed by atoms with Gasteiger partial charge in [0.25, 0.3) is 0 Å². The van der Waals surface area contributed by atoms with Crippen LogP contribution in [0.1, 0.15) is 33.1 Å². The number of aromatic nitrogens is 2. The zero-order valence-corrected chi connectivity index (χ0v) is 14.3. The van der Waals surface area contributed by atoms with Crippen molar-refractivity contribution in [3.05, 3.63) is 0 Å². The molecule has 0 saturated heterocycles. The Morgan fingerprint density at radius 1 is 1.50 bits per heavy atom. The highest BCUT2D eigenvalue weighted by Gasteiger charge is 2.44. The molecule has 0 bridgehead atoms. The first-order valence-electron chi connectivity index (χ1n) is 6.57. The van der Waals surface area contributed by atoms with Crippen molar-refractivity contribution in [1.29, 1.82) is 0 Å². The van der Waals surface area contributed by atoms with E-state index < -0.39 is 5.54 Å². The molecule has 2 atom stereocenters. The van der Waals surface area contributed by atoms with E-state index in [-0.39, 0.29) is 11.9 Å². The lowest BCUT2D eigenvalue weighted by Crippen LogP contribution is -2.56. The first-order valence-corrected chi connectivity index (χ1v) is 9.49. The van der Waals surface area contributed by atoms with Crippen molar-refractivity contribution >= 4 is 40.8 Å². The van der Waals surface area contributed by atoms with E-state index in [0.29, 0.717) is 5.25 Å². The molecule has 0 radical (unpaired) electrons. The number of hydrogen-bond donors (Lipinski definition) is 2. The third-order valence-corrected chi connectivity index (χ3v) is 6.59. The van der Waals surface area contributed by atoms with E-state index in [2.05, 4.69) is 15.5 Å². The molecule has 1 saturated carbocycles. The van der Waals surface area contributed by atoms with Crippen molar-refractivity contribution in [3.8, 4) is 0 Å². The number of hydrogen-bond acceptors (Lipinski definition) is 7. The van der Waals surface area contributed by atoms with Crippen LogP contribution in [0.25, 0.3) is 0 Å². The van der Waals surface area contributed by atoms with Crippen LogP contribution in [0.2, 0.25) is 0 Å². The molecule has 0 aliphatic heterocycles. The van der Waals surface area contributed by atoms with Gasteiger partial charge in [-0.3, -0.25) is 4.79 Å². The zero-order chi connectivity index (χ0) is 14.8. The maximum atomic E-state index is 11.8. The number of primary amides is 1. The van der Waals surface area contributed by atoms with E-state index in [1.165, 1.54) is 0 Å². The molecule has 1 aromatic rings. The fraction of sp³-hybridized carbons (Fsp3) is 0.750. The minimum atomic E-state index is -0.557. The highest BCUT2D eigenvalue weighted by atomic mass is 32.2. The van der Waals surface area contributed by atoms with Gasteiger partial charge in [0.1, 0.15) is 0 Å². The van der Waals surface area contributed by atoms with Gasteiger partial charge in [0.15, 0.2) is 8.68 Å². The molecule has 1 aromatic heterocycles. The van der Waals surface area contributed by atoms with Crippen LogP contribution in [0.4, 0.5) is 0 Å². The number of nitrogens with two attached hydrogens (primary N) is 1. The lowest BCUT2D eigenvalue weighted by atomic mass is 9.96. The number of nitrogens with one attached hydrogen (secondary N) is 1. The smallest absolute Gasteiger partial charge is 0.237 e. The fourth-order valence-electron chi connectivity index (χ4n) is 2.55. The molecule has 2 rings (SSSR count). The summed E-state index contributed by atoms with van der Waals surface area (Å²) >= 11 is 4.93. The van der Waals surface area contributed by atoms with Crippen molar-refractivity contribution in [2.75, 3.05) is 6.26 Å². The lowest BCUT2D eigenvalue weighted by molar-refractivity contribution is -0.124. The van der Waals surface area contributed by atoms with Crippen LogP contribution in [0.3, 0.4) is 0 Å². The number of nitrogens with zero attached hydrogens (tertiary/aromatic N) is 2. The van der Waals surface area contributed by atoms with E-state index in [9.17, 15) is 4.79 Å². The minimum absolute atomic E-state index is 0.239. The van der Waals surface area contributed by atoms with Crippen molar-refractivity contribution in [2.24, 2.45) is 5.73 Å². The summed E-state index contributed by atoms with van der Waals surface area (Å²) in [6.07, 6.45) is 4.53. The second-order valence-corrected chi connectivity index (χ2v) is 8.84. The van der Waals surface area contributed by atoms with Crippen molar-refractivity contribution in [3.63, 3.8) is 0 Å². The van der Waals surface area contributed by atoms with Crippen molar-refractivity contribution in [1.82, 2.24) is 15.5 Å². The molecule has 0 spiro atoms. The van der Waals surface area contributed by atoms with Gasteiger partial charge in [-0.05, 0) is 39.4 Å². The summed E-state index contributed by atoms with van der Waals surface area (Å²) in [5.74, 6) is -0.239. The van der Waals surface area contributed by atoms with Gasteiger partial charge in [0, 0.05) is 11.3 Å².